The van der Waals surface area contributed by atoms with Gasteiger partial charge in [0, 0.05) is 12.1 Å². The topological polar surface area (TPSA) is 61.7 Å². The van der Waals surface area contributed by atoms with Crippen molar-refractivity contribution in [1.29, 1.82) is 0 Å². The lowest BCUT2D eigenvalue weighted by molar-refractivity contribution is 0.0646. The molecule has 0 heterocycles. The highest BCUT2D eigenvalue weighted by atomic mass is 16.5. The second kappa shape index (κ2) is 7.07. The molecule has 0 radical (unpaired) electrons. The fraction of sp³-hybridized carbons (Fsp3) is 0.625. The summed E-state index contributed by atoms with van der Waals surface area (Å²) in [4.78, 5) is 0. The van der Waals surface area contributed by atoms with Crippen molar-refractivity contribution in [2.75, 3.05) is 13.2 Å². The number of benzene rings is 1. The molecule has 4 heteroatoms. The van der Waals surface area contributed by atoms with Crippen molar-refractivity contribution in [2.45, 2.75) is 52.4 Å². The van der Waals surface area contributed by atoms with E-state index in [0.717, 1.165) is 16.9 Å². The van der Waals surface area contributed by atoms with Gasteiger partial charge in [0.15, 0.2) is 0 Å². The highest BCUT2D eigenvalue weighted by molar-refractivity contribution is 5.39. The number of ether oxygens (including phenoxy) is 1. The Hall–Kier alpha value is -1.10. The second-order valence-corrected chi connectivity index (χ2v) is 5.96. The number of nitrogens with one attached hydrogen (secondary N) is 1. The van der Waals surface area contributed by atoms with Crippen LogP contribution in [0.15, 0.2) is 18.2 Å². The lowest BCUT2D eigenvalue weighted by atomic mass is 9.98. The van der Waals surface area contributed by atoms with Crippen LogP contribution in [0.5, 0.6) is 5.75 Å². The van der Waals surface area contributed by atoms with Gasteiger partial charge in [-0.15, -0.1) is 0 Å². The first-order chi connectivity index (χ1) is 9.24. The lowest BCUT2D eigenvalue weighted by Gasteiger charge is -2.30. The summed E-state index contributed by atoms with van der Waals surface area (Å²) in [7, 11) is 0. The molecule has 2 unspecified atom stereocenters. The van der Waals surface area contributed by atoms with Crippen LogP contribution in [-0.2, 0) is 0 Å². The molecule has 0 saturated heterocycles. The fourth-order valence-electron chi connectivity index (χ4n) is 1.79. The molecule has 2 atom stereocenters. The average Bonchev–Trinajstić information content (AvgIpc) is 2.35. The average molecular weight is 281 g/mol. The molecule has 0 aliphatic rings. The molecule has 0 bridgehead atoms. The standard InChI is InChI=1S/C16H27NO3/c1-11-7-6-8-12(2)15(11)20-10-14(19)9-17-16(4,5)13(3)18/h6-8,13-14,17-19H,9-10H2,1-5H3. The van der Waals surface area contributed by atoms with Gasteiger partial charge in [0.1, 0.15) is 18.5 Å². The van der Waals surface area contributed by atoms with Crippen LogP contribution >= 0.6 is 0 Å². The minimum Gasteiger partial charge on any atom is -0.490 e. The van der Waals surface area contributed by atoms with Crippen molar-refractivity contribution >= 4 is 0 Å². The summed E-state index contributed by atoms with van der Waals surface area (Å²) in [6, 6.07) is 5.97. The molecule has 0 amide bonds. The number of β-amino-alcohol motifs (C(OH)–C–C–N with tert-alkyl or cyclic N) is 1. The van der Waals surface area contributed by atoms with E-state index in [1.807, 2.05) is 45.9 Å². The summed E-state index contributed by atoms with van der Waals surface area (Å²) >= 11 is 0. The Morgan fingerprint density at radius 1 is 1.20 bits per heavy atom. The maximum atomic E-state index is 9.97. The first kappa shape index (κ1) is 17.0. The van der Waals surface area contributed by atoms with Crippen molar-refractivity contribution in [3.8, 4) is 5.75 Å². The summed E-state index contributed by atoms with van der Waals surface area (Å²) in [6.07, 6.45) is -1.11. The van der Waals surface area contributed by atoms with Crippen molar-refractivity contribution < 1.29 is 14.9 Å². The predicted octanol–water partition coefficient (Wildman–Crippen LogP) is 1.79. The Labute approximate surface area is 121 Å². The molecule has 1 aromatic carbocycles. The van der Waals surface area contributed by atoms with E-state index in [0.29, 0.717) is 6.54 Å². The van der Waals surface area contributed by atoms with Crippen LogP contribution in [-0.4, -0.2) is 41.1 Å². The van der Waals surface area contributed by atoms with E-state index in [2.05, 4.69) is 5.32 Å². The van der Waals surface area contributed by atoms with E-state index < -0.39 is 17.7 Å². The molecule has 0 fully saturated rings. The lowest BCUT2D eigenvalue weighted by Crippen LogP contribution is -2.51. The van der Waals surface area contributed by atoms with Gasteiger partial charge in [-0.2, -0.15) is 0 Å². The van der Waals surface area contributed by atoms with Gasteiger partial charge in [0.05, 0.1) is 6.10 Å². The summed E-state index contributed by atoms with van der Waals surface area (Å²) in [5, 5.41) is 22.7. The molecule has 114 valence electrons. The van der Waals surface area contributed by atoms with Crippen molar-refractivity contribution in [3.05, 3.63) is 29.3 Å². The zero-order valence-corrected chi connectivity index (χ0v) is 13.1. The maximum Gasteiger partial charge on any atom is 0.125 e. The third-order valence-electron chi connectivity index (χ3n) is 3.67. The molecule has 0 aromatic heterocycles. The van der Waals surface area contributed by atoms with E-state index >= 15 is 0 Å². The van der Waals surface area contributed by atoms with Crippen LogP contribution in [0.25, 0.3) is 0 Å². The largest absolute Gasteiger partial charge is 0.490 e. The third kappa shape index (κ3) is 4.78. The molecular weight excluding hydrogens is 254 g/mol. The Bertz CT molecular complexity index is 409. The number of aryl methyl sites for hydroxylation is 2. The fourth-order valence-corrected chi connectivity index (χ4v) is 1.79. The van der Waals surface area contributed by atoms with Gasteiger partial charge in [-0.05, 0) is 45.7 Å². The Morgan fingerprint density at radius 3 is 2.25 bits per heavy atom. The molecule has 0 aliphatic heterocycles. The van der Waals surface area contributed by atoms with Crippen LogP contribution in [0.1, 0.15) is 31.9 Å². The molecular formula is C16H27NO3. The van der Waals surface area contributed by atoms with Crippen LogP contribution in [0.2, 0.25) is 0 Å². The van der Waals surface area contributed by atoms with Crippen LogP contribution in [0.3, 0.4) is 0 Å². The van der Waals surface area contributed by atoms with Crippen molar-refractivity contribution in [1.82, 2.24) is 5.32 Å². The highest BCUT2D eigenvalue weighted by Crippen LogP contribution is 2.22. The Morgan fingerprint density at radius 2 is 1.75 bits per heavy atom. The van der Waals surface area contributed by atoms with E-state index in [9.17, 15) is 10.2 Å². The van der Waals surface area contributed by atoms with Gasteiger partial charge >= 0.3 is 0 Å². The molecule has 0 spiro atoms. The number of rotatable bonds is 7. The van der Waals surface area contributed by atoms with Crippen molar-refractivity contribution in [3.63, 3.8) is 0 Å². The zero-order chi connectivity index (χ0) is 15.3. The van der Waals surface area contributed by atoms with Gasteiger partial charge in [0.25, 0.3) is 0 Å². The molecule has 0 aliphatic carbocycles. The van der Waals surface area contributed by atoms with Gasteiger partial charge in [-0.3, -0.25) is 0 Å². The van der Waals surface area contributed by atoms with Gasteiger partial charge < -0.3 is 20.3 Å². The number of aliphatic hydroxyl groups is 2. The highest BCUT2D eigenvalue weighted by Gasteiger charge is 2.24. The van der Waals surface area contributed by atoms with Gasteiger partial charge in [0.2, 0.25) is 0 Å². The SMILES string of the molecule is Cc1cccc(C)c1OCC(O)CNC(C)(C)C(C)O. The van der Waals surface area contributed by atoms with Crippen LogP contribution < -0.4 is 10.1 Å². The molecule has 1 rings (SSSR count). The zero-order valence-electron chi connectivity index (χ0n) is 13.1. The molecule has 4 nitrogen and oxygen atoms in total. The van der Waals surface area contributed by atoms with Crippen LogP contribution in [0, 0.1) is 13.8 Å². The Balaban J connectivity index is 2.46. The number of aliphatic hydroxyl groups excluding tert-OH is 2. The maximum absolute atomic E-state index is 9.97. The summed E-state index contributed by atoms with van der Waals surface area (Å²) < 4.78 is 5.70. The van der Waals surface area contributed by atoms with Crippen LogP contribution in [0.4, 0.5) is 0 Å². The first-order valence-electron chi connectivity index (χ1n) is 7.04. The van der Waals surface area contributed by atoms with Gasteiger partial charge in [-0.1, -0.05) is 18.2 Å². The smallest absolute Gasteiger partial charge is 0.125 e. The number of para-hydroxylation sites is 1. The third-order valence-corrected chi connectivity index (χ3v) is 3.67. The van der Waals surface area contributed by atoms with E-state index in [1.165, 1.54) is 0 Å². The van der Waals surface area contributed by atoms with Gasteiger partial charge in [-0.25, -0.2) is 0 Å². The molecule has 1 aromatic rings. The van der Waals surface area contributed by atoms with E-state index in [-0.39, 0.29) is 6.61 Å². The second-order valence-electron chi connectivity index (χ2n) is 5.96. The van der Waals surface area contributed by atoms with E-state index in [4.69, 9.17) is 4.74 Å². The molecule has 3 N–H and O–H groups in total. The number of hydrogen-bond donors (Lipinski definition) is 3. The minimum absolute atomic E-state index is 0.231. The minimum atomic E-state index is -0.618. The summed E-state index contributed by atoms with van der Waals surface area (Å²) in [6.45, 7) is 10.1. The first-order valence-corrected chi connectivity index (χ1v) is 7.04. The number of hydrogen-bond acceptors (Lipinski definition) is 4. The Kier molecular flexibility index (Phi) is 5.99. The van der Waals surface area contributed by atoms with E-state index in [1.54, 1.807) is 6.92 Å². The monoisotopic (exact) mass is 281 g/mol. The molecule has 20 heavy (non-hydrogen) atoms. The summed E-state index contributed by atoms with van der Waals surface area (Å²) in [5.41, 5.74) is 1.70. The molecule has 0 saturated carbocycles. The normalized spacial score (nSPS) is 14.9. The quantitative estimate of drug-likeness (QED) is 0.713. The predicted molar refractivity (Wildman–Crippen MR) is 81.2 cm³/mol. The summed E-state index contributed by atoms with van der Waals surface area (Å²) in [5.74, 6) is 0.835. The van der Waals surface area contributed by atoms with Crippen molar-refractivity contribution in [2.24, 2.45) is 0 Å².